The van der Waals surface area contributed by atoms with Gasteiger partial charge >= 0.3 is 0 Å². The molecule has 5 nitrogen and oxygen atoms in total. The number of amides is 1. The molecule has 0 N–H and O–H groups in total. The number of benzene rings is 2. The van der Waals surface area contributed by atoms with E-state index in [-0.39, 0.29) is 11.9 Å². The summed E-state index contributed by atoms with van der Waals surface area (Å²) in [6.45, 7) is 4.46. The molecule has 1 aromatic heterocycles. The number of carbonyl (C=O) groups is 1. The van der Waals surface area contributed by atoms with Gasteiger partial charge < -0.3 is 14.2 Å². The maximum Gasteiger partial charge on any atom is 0.245 e. The topological polar surface area (TPSA) is 47.4 Å². The fourth-order valence-corrected chi connectivity index (χ4v) is 4.34. The van der Waals surface area contributed by atoms with Crippen molar-refractivity contribution in [3.8, 4) is 0 Å². The van der Waals surface area contributed by atoms with Crippen LogP contribution in [-0.2, 0) is 16.0 Å². The van der Waals surface area contributed by atoms with E-state index in [0.717, 1.165) is 22.4 Å². The first-order valence-electron chi connectivity index (χ1n) is 9.84. The van der Waals surface area contributed by atoms with Gasteiger partial charge in [0.2, 0.25) is 5.91 Å². The maximum absolute atomic E-state index is 13.4. The first kappa shape index (κ1) is 20.2. The molecule has 2 aromatic carbocycles. The molecule has 1 aliphatic rings. The number of rotatable bonds is 5. The number of carbonyl (C=O) groups excluding carboxylic acids is 1. The molecule has 0 saturated carbocycles. The van der Waals surface area contributed by atoms with Crippen molar-refractivity contribution in [1.29, 1.82) is 0 Å². The lowest BCUT2D eigenvalue weighted by molar-refractivity contribution is -0.138. The van der Waals surface area contributed by atoms with Gasteiger partial charge in [0.15, 0.2) is 0 Å². The van der Waals surface area contributed by atoms with Crippen molar-refractivity contribution in [2.75, 3.05) is 26.3 Å². The van der Waals surface area contributed by atoms with Crippen LogP contribution in [0.15, 0.2) is 42.5 Å². The Morgan fingerprint density at radius 1 is 1.17 bits per heavy atom. The molecular weight excluding hydrogens is 409 g/mol. The van der Waals surface area contributed by atoms with Crippen LogP contribution in [0.5, 0.6) is 0 Å². The van der Waals surface area contributed by atoms with Gasteiger partial charge in [-0.25, -0.2) is 4.98 Å². The molecule has 4 rings (SSSR count). The third-order valence-electron chi connectivity index (χ3n) is 5.34. The fraction of sp³-hybridized carbons (Fsp3) is 0.364. The summed E-state index contributed by atoms with van der Waals surface area (Å²) in [4.78, 5) is 20.1. The summed E-state index contributed by atoms with van der Waals surface area (Å²) < 4.78 is 7.49. The Morgan fingerprint density at radius 2 is 1.93 bits per heavy atom. The third kappa shape index (κ3) is 4.13. The highest BCUT2D eigenvalue weighted by molar-refractivity contribution is 6.35. The van der Waals surface area contributed by atoms with Crippen LogP contribution < -0.4 is 0 Å². The Morgan fingerprint density at radius 3 is 2.66 bits per heavy atom. The molecule has 152 valence electrons. The number of fused-ring (bicyclic) bond motifs is 1. The molecule has 1 fully saturated rings. The summed E-state index contributed by atoms with van der Waals surface area (Å²) in [7, 11) is 0. The molecule has 1 atom stereocenters. The first-order chi connectivity index (χ1) is 14.1. The zero-order valence-electron chi connectivity index (χ0n) is 16.3. The van der Waals surface area contributed by atoms with E-state index >= 15 is 0 Å². The molecule has 0 spiro atoms. The number of ether oxygens (including phenoxy) is 1. The second-order valence-electron chi connectivity index (χ2n) is 7.16. The first-order valence-corrected chi connectivity index (χ1v) is 10.6. The summed E-state index contributed by atoms with van der Waals surface area (Å²) in [6, 6.07) is 13.1. The summed E-state index contributed by atoms with van der Waals surface area (Å²) in [5.74, 6) is 0.936. The molecule has 1 saturated heterocycles. The van der Waals surface area contributed by atoms with Gasteiger partial charge in [0.05, 0.1) is 24.2 Å². The minimum Gasteiger partial charge on any atom is -0.378 e. The molecule has 2 heterocycles. The Balaban J connectivity index is 1.76. The predicted molar refractivity (Wildman–Crippen MR) is 116 cm³/mol. The van der Waals surface area contributed by atoms with Gasteiger partial charge in [0.1, 0.15) is 11.9 Å². The quantitative estimate of drug-likeness (QED) is 0.585. The maximum atomic E-state index is 13.4. The van der Waals surface area contributed by atoms with Crippen LogP contribution in [0.4, 0.5) is 0 Å². The molecule has 29 heavy (non-hydrogen) atoms. The number of para-hydroxylation sites is 2. The van der Waals surface area contributed by atoms with Crippen molar-refractivity contribution in [3.05, 3.63) is 63.9 Å². The molecule has 1 unspecified atom stereocenters. The molecule has 0 radical (unpaired) electrons. The second-order valence-corrected chi connectivity index (χ2v) is 8.00. The van der Waals surface area contributed by atoms with Crippen molar-refractivity contribution in [2.45, 2.75) is 25.8 Å². The monoisotopic (exact) mass is 431 g/mol. The fourth-order valence-electron chi connectivity index (χ4n) is 3.86. The van der Waals surface area contributed by atoms with Gasteiger partial charge in [0.25, 0.3) is 0 Å². The van der Waals surface area contributed by atoms with Crippen LogP contribution in [0.1, 0.15) is 30.8 Å². The zero-order chi connectivity index (χ0) is 20.4. The van der Waals surface area contributed by atoms with E-state index in [1.807, 2.05) is 48.2 Å². The summed E-state index contributed by atoms with van der Waals surface area (Å²) in [5.41, 5.74) is 2.77. The molecular formula is C22H23Cl2N3O2. The minimum absolute atomic E-state index is 0.113. The Hall–Kier alpha value is -2.08. The molecule has 1 aliphatic heterocycles. The SMILES string of the molecule is CCC(C(=O)N1CCOCC1)n1c(Cc2ccc(Cl)cc2Cl)nc2ccccc21. The van der Waals surface area contributed by atoms with Crippen LogP contribution in [0.2, 0.25) is 10.0 Å². The van der Waals surface area contributed by atoms with Crippen LogP contribution in [0, 0.1) is 0 Å². The van der Waals surface area contributed by atoms with E-state index < -0.39 is 0 Å². The lowest BCUT2D eigenvalue weighted by atomic mass is 10.1. The highest BCUT2D eigenvalue weighted by Crippen LogP contribution is 2.29. The Labute approximate surface area is 180 Å². The van der Waals surface area contributed by atoms with Gasteiger partial charge in [-0.2, -0.15) is 0 Å². The lowest BCUT2D eigenvalue weighted by Crippen LogP contribution is -2.44. The Kier molecular flexibility index (Phi) is 6.09. The van der Waals surface area contributed by atoms with Crippen LogP contribution >= 0.6 is 23.2 Å². The van der Waals surface area contributed by atoms with E-state index in [2.05, 4.69) is 4.57 Å². The number of imidazole rings is 1. The van der Waals surface area contributed by atoms with Crippen LogP contribution in [0.25, 0.3) is 11.0 Å². The van der Waals surface area contributed by atoms with Crippen molar-refractivity contribution in [3.63, 3.8) is 0 Å². The van der Waals surface area contributed by atoms with E-state index in [0.29, 0.717) is 49.2 Å². The number of hydrogen-bond acceptors (Lipinski definition) is 3. The number of hydrogen-bond donors (Lipinski definition) is 0. The van der Waals surface area contributed by atoms with Gasteiger partial charge in [0, 0.05) is 29.6 Å². The minimum atomic E-state index is -0.318. The average Bonchev–Trinajstić information content (AvgIpc) is 3.09. The average molecular weight is 432 g/mol. The summed E-state index contributed by atoms with van der Waals surface area (Å²) >= 11 is 12.5. The molecule has 7 heteroatoms. The van der Waals surface area contributed by atoms with Gasteiger partial charge in [-0.15, -0.1) is 0 Å². The number of aromatic nitrogens is 2. The van der Waals surface area contributed by atoms with E-state index in [9.17, 15) is 4.79 Å². The van der Waals surface area contributed by atoms with Crippen LogP contribution in [0.3, 0.4) is 0 Å². The number of halogens is 2. The standard InChI is InChI=1S/C22H23Cl2N3O2/c1-2-19(22(28)26-9-11-29-12-10-26)27-20-6-4-3-5-18(20)25-21(27)13-15-7-8-16(23)14-17(15)24/h3-8,14,19H,2,9-13H2,1H3. The molecule has 3 aromatic rings. The van der Waals surface area contributed by atoms with Gasteiger partial charge in [-0.3, -0.25) is 4.79 Å². The van der Waals surface area contributed by atoms with E-state index in [1.165, 1.54) is 0 Å². The lowest BCUT2D eigenvalue weighted by Gasteiger charge is -2.31. The smallest absolute Gasteiger partial charge is 0.245 e. The van der Waals surface area contributed by atoms with E-state index in [1.54, 1.807) is 6.07 Å². The highest BCUT2D eigenvalue weighted by Gasteiger charge is 2.29. The van der Waals surface area contributed by atoms with Gasteiger partial charge in [-0.1, -0.05) is 48.3 Å². The predicted octanol–water partition coefficient (Wildman–Crippen LogP) is 4.74. The third-order valence-corrected chi connectivity index (χ3v) is 5.93. The second kappa shape index (κ2) is 8.74. The van der Waals surface area contributed by atoms with Crippen LogP contribution in [-0.4, -0.2) is 46.7 Å². The van der Waals surface area contributed by atoms with Gasteiger partial charge in [-0.05, 0) is 36.2 Å². The highest BCUT2D eigenvalue weighted by atomic mass is 35.5. The van der Waals surface area contributed by atoms with Crippen molar-refractivity contribution >= 4 is 40.1 Å². The largest absolute Gasteiger partial charge is 0.378 e. The molecule has 0 bridgehead atoms. The van der Waals surface area contributed by atoms with Crippen molar-refractivity contribution in [2.24, 2.45) is 0 Å². The van der Waals surface area contributed by atoms with Crippen molar-refractivity contribution < 1.29 is 9.53 Å². The molecule has 0 aliphatic carbocycles. The van der Waals surface area contributed by atoms with Crippen molar-refractivity contribution in [1.82, 2.24) is 14.5 Å². The number of nitrogens with zero attached hydrogens (tertiary/aromatic N) is 3. The normalized spacial score (nSPS) is 15.6. The zero-order valence-corrected chi connectivity index (χ0v) is 17.8. The summed E-state index contributed by atoms with van der Waals surface area (Å²) in [5, 5.41) is 1.20. The summed E-state index contributed by atoms with van der Waals surface area (Å²) in [6.07, 6.45) is 1.20. The van der Waals surface area contributed by atoms with E-state index in [4.69, 9.17) is 32.9 Å². The number of morpholine rings is 1. The Bertz CT molecular complexity index is 1030. The molecule has 1 amide bonds.